The van der Waals surface area contributed by atoms with E-state index < -0.39 is 44.9 Å². The summed E-state index contributed by atoms with van der Waals surface area (Å²) in [7, 11) is -3.20. The molecule has 1 heterocycles. The molecule has 1 unspecified atom stereocenters. The van der Waals surface area contributed by atoms with Gasteiger partial charge in [-0.15, -0.1) is 0 Å². The van der Waals surface area contributed by atoms with Crippen LogP contribution in [0.15, 0.2) is 12.1 Å². The van der Waals surface area contributed by atoms with Crippen molar-refractivity contribution < 1.29 is 26.4 Å². The molecule has 0 spiro atoms. The summed E-state index contributed by atoms with van der Waals surface area (Å²) in [6.07, 6.45) is -0.211. The standard InChI is InChI=1S/C12H13F3N2O3S/c13-8-4-10(15)11(5-9(8)14)17-12(18)3-7-6-21(19,20)2-1-16-7/h4-5,7,16H,1-3,6H2,(H,17,18). The minimum atomic E-state index is -3.20. The lowest BCUT2D eigenvalue weighted by Gasteiger charge is -2.23. The first-order chi connectivity index (χ1) is 9.77. The molecule has 1 aromatic rings. The van der Waals surface area contributed by atoms with Crippen LogP contribution >= 0.6 is 0 Å². The van der Waals surface area contributed by atoms with Crippen LogP contribution < -0.4 is 10.6 Å². The molecule has 1 aromatic carbocycles. The van der Waals surface area contributed by atoms with Crippen molar-refractivity contribution in [1.29, 1.82) is 0 Å². The van der Waals surface area contributed by atoms with E-state index in [4.69, 9.17) is 0 Å². The van der Waals surface area contributed by atoms with Crippen molar-refractivity contribution in [3.63, 3.8) is 0 Å². The molecule has 21 heavy (non-hydrogen) atoms. The fraction of sp³-hybridized carbons (Fsp3) is 0.417. The Hall–Kier alpha value is -1.61. The lowest BCUT2D eigenvalue weighted by atomic mass is 10.2. The second-order valence-corrected chi connectivity index (χ2v) is 6.99. The molecule has 1 amide bonds. The number of hydrogen-bond donors (Lipinski definition) is 2. The average Bonchev–Trinajstić information content (AvgIpc) is 2.34. The van der Waals surface area contributed by atoms with Crippen LogP contribution in [0.25, 0.3) is 0 Å². The summed E-state index contributed by atoms with van der Waals surface area (Å²) in [6.45, 7) is 0.236. The summed E-state index contributed by atoms with van der Waals surface area (Å²) in [5.41, 5.74) is -0.488. The number of hydrogen-bond acceptors (Lipinski definition) is 4. The molecule has 5 nitrogen and oxygen atoms in total. The SMILES string of the molecule is O=C(CC1CS(=O)(=O)CCN1)Nc1cc(F)c(F)cc1F. The average molecular weight is 322 g/mol. The second kappa shape index (κ2) is 6.02. The highest BCUT2D eigenvalue weighted by Crippen LogP contribution is 2.19. The lowest BCUT2D eigenvalue weighted by molar-refractivity contribution is -0.116. The fourth-order valence-electron chi connectivity index (χ4n) is 2.04. The molecule has 1 aliphatic heterocycles. The van der Waals surface area contributed by atoms with Gasteiger partial charge in [0.05, 0.1) is 17.2 Å². The van der Waals surface area contributed by atoms with E-state index in [0.29, 0.717) is 12.1 Å². The Morgan fingerprint density at radius 1 is 1.24 bits per heavy atom. The zero-order chi connectivity index (χ0) is 15.6. The Labute approximate surface area is 119 Å². The minimum Gasteiger partial charge on any atom is -0.323 e. The normalized spacial score (nSPS) is 21.0. The number of benzene rings is 1. The fourth-order valence-corrected chi connectivity index (χ4v) is 3.49. The van der Waals surface area contributed by atoms with Gasteiger partial charge in [-0.25, -0.2) is 21.6 Å². The first-order valence-corrected chi connectivity index (χ1v) is 7.97. The van der Waals surface area contributed by atoms with Gasteiger partial charge in [0.1, 0.15) is 5.82 Å². The third-order valence-electron chi connectivity index (χ3n) is 3.02. The first kappa shape index (κ1) is 15.8. The Bertz CT molecular complexity index is 664. The van der Waals surface area contributed by atoms with Crippen LogP contribution in [0.2, 0.25) is 0 Å². The molecule has 9 heteroatoms. The number of carbonyl (C=O) groups excluding carboxylic acids is 1. The van der Waals surface area contributed by atoms with Gasteiger partial charge in [0, 0.05) is 31.1 Å². The molecule has 0 aromatic heterocycles. The quantitative estimate of drug-likeness (QED) is 0.808. The van der Waals surface area contributed by atoms with Gasteiger partial charge < -0.3 is 10.6 Å². The van der Waals surface area contributed by atoms with Crippen LogP contribution in [-0.2, 0) is 14.6 Å². The predicted molar refractivity (Wildman–Crippen MR) is 70.0 cm³/mol. The number of rotatable bonds is 3. The summed E-state index contributed by atoms with van der Waals surface area (Å²) >= 11 is 0. The number of halogens is 3. The van der Waals surface area contributed by atoms with E-state index in [1.165, 1.54) is 0 Å². The van der Waals surface area contributed by atoms with Crippen molar-refractivity contribution in [2.24, 2.45) is 0 Å². The van der Waals surface area contributed by atoms with Crippen molar-refractivity contribution in [3.05, 3.63) is 29.6 Å². The lowest BCUT2D eigenvalue weighted by Crippen LogP contribution is -2.46. The van der Waals surface area contributed by atoms with Crippen molar-refractivity contribution in [2.75, 3.05) is 23.4 Å². The molecule has 0 bridgehead atoms. The van der Waals surface area contributed by atoms with Gasteiger partial charge in [-0.2, -0.15) is 0 Å². The number of amides is 1. The van der Waals surface area contributed by atoms with Gasteiger partial charge in [0.15, 0.2) is 21.5 Å². The molecule has 2 N–H and O–H groups in total. The topological polar surface area (TPSA) is 75.3 Å². The number of sulfone groups is 1. The summed E-state index contributed by atoms with van der Waals surface area (Å²) in [4.78, 5) is 11.7. The summed E-state index contributed by atoms with van der Waals surface area (Å²) < 4.78 is 61.9. The Morgan fingerprint density at radius 2 is 1.90 bits per heavy atom. The Balaban J connectivity index is 2.01. The van der Waals surface area contributed by atoms with E-state index in [2.05, 4.69) is 10.6 Å². The third-order valence-corrected chi connectivity index (χ3v) is 4.75. The maximum atomic E-state index is 13.4. The van der Waals surface area contributed by atoms with Crippen LogP contribution in [0.5, 0.6) is 0 Å². The van der Waals surface area contributed by atoms with Gasteiger partial charge in [-0.1, -0.05) is 0 Å². The number of carbonyl (C=O) groups is 1. The Morgan fingerprint density at radius 3 is 2.57 bits per heavy atom. The minimum absolute atomic E-state index is 0.00290. The van der Waals surface area contributed by atoms with Gasteiger partial charge in [0.25, 0.3) is 0 Å². The first-order valence-electron chi connectivity index (χ1n) is 6.15. The van der Waals surface area contributed by atoms with Crippen LogP contribution in [0.3, 0.4) is 0 Å². The van der Waals surface area contributed by atoms with Gasteiger partial charge in [0.2, 0.25) is 5.91 Å². The van der Waals surface area contributed by atoms with E-state index in [1.54, 1.807) is 0 Å². The van der Waals surface area contributed by atoms with E-state index in [9.17, 15) is 26.4 Å². The zero-order valence-corrected chi connectivity index (χ0v) is 11.6. The summed E-state index contributed by atoms with van der Waals surface area (Å²) in [6, 6.07) is 0.277. The van der Waals surface area contributed by atoms with Gasteiger partial charge in [-0.3, -0.25) is 4.79 Å². The molecular weight excluding hydrogens is 309 g/mol. The van der Waals surface area contributed by atoms with Crippen LogP contribution in [0, 0.1) is 17.5 Å². The number of nitrogens with one attached hydrogen (secondary N) is 2. The monoisotopic (exact) mass is 322 g/mol. The number of anilines is 1. The third kappa shape index (κ3) is 4.18. The van der Waals surface area contributed by atoms with Crippen molar-refractivity contribution in [1.82, 2.24) is 5.32 Å². The molecule has 1 fully saturated rings. The van der Waals surface area contributed by atoms with Crippen LogP contribution in [0.1, 0.15) is 6.42 Å². The predicted octanol–water partition coefficient (Wildman–Crippen LogP) is 0.819. The van der Waals surface area contributed by atoms with E-state index in [1.807, 2.05) is 0 Å². The smallest absolute Gasteiger partial charge is 0.226 e. The molecule has 1 atom stereocenters. The molecular formula is C12H13F3N2O3S. The van der Waals surface area contributed by atoms with Crippen LogP contribution in [0.4, 0.5) is 18.9 Å². The zero-order valence-electron chi connectivity index (χ0n) is 10.8. The van der Waals surface area contributed by atoms with E-state index >= 15 is 0 Å². The highest BCUT2D eigenvalue weighted by Gasteiger charge is 2.26. The molecule has 1 saturated heterocycles. The molecule has 0 saturated carbocycles. The molecule has 0 aliphatic carbocycles. The molecule has 2 rings (SSSR count). The highest BCUT2D eigenvalue weighted by atomic mass is 32.2. The molecule has 1 aliphatic rings. The largest absolute Gasteiger partial charge is 0.323 e. The molecule has 116 valence electrons. The van der Waals surface area contributed by atoms with E-state index in [-0.39, 0.29) is 24.5 Å². The van der Waals surface area contributed by atoms with Gasteiger partial charge in [-0.05, 0) is 0 Å². The van der Waals surface area contributed by atoms with Gasteiger partial charge >= 0.3 is 0 Å². The van der Waals surface area contributed by atoms with E-state index in [0.717, 1.165) is 0 Å². The maximum absolute atomic E-state index is 13.4. The molecule has 0 radical (unpaired) electrons. The second-order valence-electron chi connectivity index (χ2n) is 4.76. The summed E-state index contributed by atoms with van der Waals surface area (Å²) in [5, 5.41) is 4.96. The maximum Gasteiger partial charge on any atom is 0.226 e. The Kier molecular flexibility index (Phi) is 4.52. The van der Waals surface area contributed by atoms with Crippen molar-refractivity contribution in [3.8, 4) is 0 Å². The van der Waals surface area contributed by atoms with Crippen molar-refractivity contribution in [2.45, 2.75) is 12.5 Å². The van der Waals surface area contributed by atoms with Crippen LogP contribution in [-0.4, -0.2) is 38.4 Å². The van der Waals surface area contributed by atoms with Crippen molar-refractivity contribution >= 4 is 21.4 Å². The highest BCUT2D eigenvalue weighted by molar-refractivity contribution is 7.91. The summed E-state index contributed by atoms with van der Waals surface area (Å²) in [5.74, 6) is -4.62.